The van der Waals surface area contributed by atoms with Crippen LogP contribution < -0.4 is 9.04 Å². The molecule has 2 aromatic rings. The van der Waals surface area contributed by atoms with Gasteiger partial charge in [-0.3, -0.25) is 4.31 Å². The summed E-state index contributed by atoms with van der Waals surface area (Å²) in [6.07, 6.45) is 13.2. The van der Waals surface area contributed by atoms with Crippen molar-refractivity contribution in [3.63, 3.8) is 0 Å². The molecule has 0 atom stereocenters. The number of aromatic carboxylic acids is 1. The van der Waals surface area contributed by atoms with Gasteiger partial charge in [0.15, 0.2) is 0 Å². The van der Waals surface area contributed by atoms with E-state index in [9.17, 15) is 18.3 Å². The Balaban J connectivity index is 2.04. The van der Waals surface area contributed by atoms with E-state index in [0.29, 0.717) is 11.3 Å². The van der Waals surface area contributed by atoms with Crippen LogP contribution in [-0.4, -0.2) is 33.7 Å². The summed E-state index contributed by atoms with van der Waals surface area (Å²) in [7, 11) is -1.02. The number of anilines is 1. The molecule has 2 aromatic carbocycles. The first-order valence-electron chi connectivity index (χ1n) is 12.7. The Hall–Kier alpha value is -2.54. The van der Waals surface area contributed by atoms with Crippen molar-refractivity contribution in [1.29, 1.82) is 0 Å². The van der Waals surface area contributed by atoms with Crippen molar-refractivity contribution in [3.05, 3.63) is 53.1 Å². The van der Waals surface area contributed by atoms with Crippen LogP contribution in [0.15, 0.2) is 41.3 Å². The van der Waals surface area contributed by atoms with Crippen molar-refractivity contribution in [1.82, 2.24) is 0 Å². The number of rotatable bonds is 16. The topological polar surface area (TPSA) is 83.9 Å². The van der Waals surface area contributed by atoms with Gasteiger partial charge in [-0.05, 0) is 61.2 Å². The van der Waals surface area contributed by atoms with Crippen LogP contribution >= 0.6 is 0 Å². The molecule has 0 fully saturated rings. The molecule has 0 saturated heterocycles. The number of carboxylic acids is 1. The van der Waals surface area contributed by atoms with Crippen molar-refractivity contribution in [3.8, 4) is 5.75 Å². The fourth-order valence-corrected chi connectivity index (χ4v) is 5.70. The highest BCUT2D eigenvalue weighted by molar-refractivity contribution is 7.92. The summed E-state index contributed by atoms with van der Waals surface area (Å²) in [5.41, 5.74) is 1.76. The number of unbranched alkanes of at least 4 members (excludes halogenated alkanes) is 9. The van der Waals surface area contributed by atoms with Crippen LogP contribution in [0.1, 0.15) is 92.6 Å². The van der Waals surface area contributed by atoms with Crippen LogP contribution in [0, 0.1) is 6.92 Å². The summed E-state index contributed by atoms with van der Waals surface area (Å²) >= 11 is 0. The molecule has 0 aromatic heterocycles. The lowest BCUT2D eigenvalue weighted by molar-refractivity contribution is 0.0697. The Labute approximate surface area is 211 Å². The molecule has 0 saturated carbocycles. The van der Waals surface area contributed by atoms with Crippen LogP contribution in [0.5, 0.6) is 5.75 Å². The molecule has 0 amide bonds. The monoisotopic (exact) mass is 503 g/mol. The molecular formula is C28H41NO5S. The van der Waals surface area contributed by atoms with E-state index in [2.05, 4.69) is 6.92 Å². The van der Waals surface area contributed by atoms with Crippen molar-refractivity contribution in [2.24, 2.45) is 0 Å². The number of benzene rings is 2. The third-order valence-electron chi connectivity index (χ3n) is 6.44. The molecule has 0 spiro atoms. The highest BCUT2D eigenvalue weighted by atomic mass is 32.2. The number of carboxylic acid groups (broad SMARTS) is 1. The van der Waals surface area contributed by atoms with Gasteiger partial charge in [0.2, 0.25) is 0 Å². The second-order valence-corrected chi connectivity index (χ2v) is 11.2. The average Bonchev–Trinajstić information content (AvgIpc) is 2.84. The Bertz CT molecular complexity index is 1050. The van der Waals surface area contributed by atoms with Crippen molar-refractivity contribution >= 4 is 21.7 Å². The first-order chi connectivity index (χ1) is 16.7. The van der Waals surface area contributed by atoms with E-state index in [1.807, 2.05) is 6.07 Å². The van der Waals surface area contributed by atoms with Gasteiger partial charge in [-0.2, -0.15) is 0 Å². The molecule has 7 heteroatoms. The molecule has 0 bridgehead atoms. The minimum Gasteiger partial charge on any atom is -0.497 e. The van der Waals surface area contributed by atoms with Gasteiger partial charge in [-0.15, -0.1) is 0 Å². The molecule has 194 valence electrons. The fourth-order valence-electron chi connectivity index (χ4n) is 4.42. The predicted molar refractivity (Wildman–Crippen MR) is 142 cm³/mol. The number of ether oxygens (including phenoxy) is 1. The smallest absolute Gasteiger partial charge is 0.337 e. The molecule has 0 aliphatic carbocycles. The SMILES string of the molecule is CCCCCCCCCCCCc1cc(C)c(N(C)S(=O)(=O)c2ccc(OC)cc2)c(C(=O)O)c1. The van der Waals surface area contributed by atoms with Gasteiger partial charge in [0, 0.05) is 7.05 Å². The Morgan fingerprint density at radius 1 is 0.914 bits per heavy atom. The molecule has 0 unspecified atom stereocenters. The zero-order chi connectivity index (χ0) is 25.8. The largest absolute Gasteiger partial charge is 0.497 e. The second kappa shape index (κ2) is 14.1. The Kier molecular flexibility index (Phi) is 11.6. The maximum absolute atomic E-state index is 13.2. The zero-order valence-corrected chi connectivity index (χ0v) is 22.5. The number of hydrogen-bond acceptors (Lipinski definition) is 4. The molecule has 2 rings (SSSR count). The highest BCUT2D eigenvalue weighted by Crippen LogP contribution is 2.31. The Morgan fingerprint density at radius 3 is 1.97 bits per heavy atom. The summed E-state index contributed by atoms with van der Waals surface area (Å²) in [5.74, 6) is -0.588. The molecule has 35 heavy (non-hydrogen) atoms. The van der Waals surface area contributed by atoms with E-state index in [1.54, 1.807) is 25.1 Å². The van der Waals surface area contributed by atoms with Gasteiger partial charge in [0.05, 0.1) is 23.3 Å². The maximum atomic E-state index is 13.2. The molecule has 0 aliphatic heterocycles. The fraction of sp³-hybridized carbons (Fsp3) is 0.536. The number of sulfonamides is 1. The van der Waals surface area contributed by atoms with Crippen LogP contribution in [-0.2, 0) is 16.4 Å². The van der Waals surface area contributed by atoms with Gasteiger partial charge in [0.25, 0.3) is 10.0 Å². The molecule has 0 heterocycles. The van der Waals surface area contributed by atoms with E-state index < -0.39 is 16.0 Å². The molecular weight excluding hydrogens is 462 g/mol. The lowest BCUT2D eigenvalue weighted by atomic mass is 9.98. The van der Waals surface area contributed by atoms with Gasteiger partial charge >= 0.3 is 5.97 Å². The van der Waals surface area contributed by atoms with Gasteiger partial charge in [-0.25, -0.2) is 13.2 Å². The number of aryl methyl sites for hydroxylation is 2. The van der Waals surface area contributed by atoms with E-state index in [-0.39, 0.29) is 16.1 Å². The van der Waals surface area contributed by atoms with Crippen molar-refractivity contribution in [2.75, 3.05) is 18.5 Å². The first-order valence-corrected chi connectivity index (χ1v) is 14.2. The van der Waals surface area contributed by atoms with E-state index >= 15 is 0 Å². The van der Waals surface area contributed by atoms with Crippen LogP contribution in [0.3, 0.4) is 0 Å². The van der Waals surface area contributed by atoms with E-state index in [4.69, 9.17) is 4.74 Å². The lowest BCUT2D eigenvalue weighted by Gasteiger charge is -2.24. The number of methoxy groups -OCH3 is 1. The zero-order valence-electron chi connectivity index (χ0n) is 21.7. The summed E-state index contributed by atoms with van der Waals surface area (Å²) in [5, 5.41) is 9.88. The summed E-state index contributed by atoms with van der Waals surface area (Å²) < 4.78 is 32.6. The number of carbonyl (C=O) groups is 1. The van der Waals surface area contributed by atoms with Crippen molar-refractivity contribution < 1.29 is 23.1 Å². The predicted octanol–water partition coefficient (Wildman–Crippen LogP) is 6.99. The third-order valence-corrected chi connectivity index (χ3v) is 8.21. The van der Waals surface area contributed by atoms with Gasteiger partial charge < -0.3 is 9.84 Å². The average molecular weight is 504 g/mol. The Morgan fingerprint density at radius 2 is 1.46 bits per heavy atom. The maximum Gasteiger partial charge on any atom is 0.337 e. The minimum atomic E-state index is -3.93. The van der Waals surface area contributed by atoms with E-state index in [1.165, 1.54) is 77.7 Å². The summed E-state index contributed by atoms with van der Waals surface area (Å²) in [6.45, 7) is 4.00. The molecule has 0 radical (unpaired) electrons. The van der Waals surface area contributed by atoms with Crippen LogP contribution in [0.25, 0.3) is 0 Å². The number of hydrogen-bond donors (Lipinski definition) is 1. The quantitative estimate of drug-likeness (QED) is 0.250. The molecule has 6 nitrogen and oxygen atoms in total. The lowest BCUT2D eigenvalue weighted by Crippen LogP contribution is -2.29. The molecule has 0 aliphatic rings. The van der Waals surface area contributed by atoms with E-state index in [0.717, 1.165) is 29.1 Å². The summed E-state index contributed by atoms with van der Waals surface area (Å²) in [4.78, 5) is 12.2. The summed E-state index contributed by atoms with van der Waals surface area (Å²) in [6, 6.07) is 9.59. The second-order valence-electron chi connectivity index (χ2n) is 9.19. The van der Waals surface area contributed by atoms with Crippen LogP contribution in [0.2, 0.25) is 0 Å². The minimum absolute atomic E-state index is 0.00617. The number of nitrogens with zero attached hydrogens (tertiary/aromatic N) is 1. The third kappa shape index (κ3) is 8.27. The van der Waals surface area contributed by atoms with Crippen LogP contribution in [0.4, 0.5) is 5.69 Å². The first kappa shape index (κ1) is 28.7. The van der Waals surface area contributed by atoms with Gasteiger partial charge in [-0.1, -0.05) is 70.8 Å². The highest BCUT2D eigenvalue weighted by Gasteiger charge is 2.27. The normalized spacial score (nSPS) is 11.4. The van der Waals surface area contributed by atoms with Crippen molar-refractivity contribution in [2.45, 2.75) is 89.4 Å². The standard InChI is InChI=1S/C28H41NO5S/c1-5-6-7-8-9-10-11-12-13-14-15-23-20-22(2)27(26(21-23)28(30)31)29(3)35(32,33)25-18-16-24(34-4)17-19-25/h16-21H,5-15H2,1-4H3,(H,30,31). The van der Waals surface area contributed by atoms with Gasteiger partial charge in [0.1, 0.15) is 5.75 Å². The molecule has 1 N–H and O–H groups in total.